The van der Waals surface area contributed by atoms with E-state index in [1.807, 2.05) is 24.3 Å². The van der Waals surface area contributed by atoms with Crippen molar-refractivity contribution in [1.82, 2.24) is 10.6 Å². The van der Waals surface area contributed by atoms with Crippen LogP contribution in [-0.2, 0) is 27.3 Å². The van der Waals surface area contributed by atoms with E-state index in [0.717, 1.165) is 11.1 Å². The van der Waals surface area contributed by atoms with Crippen molar-refractivity contribution < 1.29 is 14.3 Å². The predicted molar refractivity (Wildman–Crippen MR) is 85.4 cm³/mol. The van der Waals surface area contributed by atoms with E-state index in [4.69, 9.17) is 6.42 Å². The zero-order chi connectivity index (χ0) is 15.9. The Kier molecular flexibility index (Phi) is 5.50. The fourth-order valence-corrected chi connectivity index (χ4v) is 2.63. The lowest BCUT2D eigenvalue weighted by atomic mass is 10.1. The van der Waals surface area contributed by atoms with Crippen molar-refractivity contribution in [1.29, 1.82) is 0 Å². The molecule has 1 heterocycles. The number of terminal acetylenes is 1. The topological polar surface area (TPSA) is 67.4 Å². The van der Waals surface area contributed by atoms with Gasteiger partial charge in [0, 0.05) is 12.0 Å². The third-order valence-electron chi connectivity index (χ3n) is 3.03. The molecule has 22 heavy (non-hydrogen) atoms. The largest absolute Gasteiger partial charge is 0.469 e. The van der Waals surface area contributed by atoms with Crippen LogP contribution in [0.1, 0.15) is 11.1 Å². The molecule has 2 rings (SSSR count). The quantitative estimate of drug-likeness (QED) is 0.630. The van der Waals surface area contributed by atoms with Gasteiger partial charge in [0.1, 0.15) is 11.1 Å². The van der Waals surface area contributed by atoms with Crippen molar-refractivity contribution in [2.75, 3.05) is 7.11 Å². The minimum absolute atomic E-state index is 0.191. The number of amides is 1. The van der Waals surface area contributed by atoms with E-state index >= 15 is 0 Å². The molecule has 6 heteroatoms. The summed E-state index contributed by atoms with van der Waals surface area (Å²) in [7, 11) is 1.36. The average molecular weight is 316 g/mol. The summed E-state index contributed by atoms with van der Waals surface area (Å²) in [5.41, 5.74) is 2.23. The molecule has 1 amide bonds. The molecule has 0 fully saturated rings. The standard InChI is InChI=1S/C16H16N2O3S/c1-3-14-18-13(10-22-14)16(20)17-9-12-6-4-5-11(7-12)8-15(19)21-2/h1,4-7,10,14,18H,8-9H2,2H3,(H,17,20). The number of hydrogen-bond acceptors (Lipinski definition) is 5. The van der Waals surface area contributed by atoms with Gasteiger partial charge >= 0.3 is 5.97 Å². The summed E-state index contributed by atoms with van der Waals surface area (Å²) in [6.45, 7) is 0.373. The zero-order valence-electron chi connectivity index (χ0n) is 12.1. The maximum absolute atomic E-state index is 12.0. The van der Waals surface area contributed by atoms with Gasteiger partial charge < -0.3 is 15.4 Å². The van der Waals surface area contributed by atoms with Crippen molar-refractivity contribution in [3.63, 3.8) is 0 Å². The molecule has 0 aromatic heterocycles. The highest BCUT2D eigenvalue weighted by molar-refractivity contribution is 8.03. The monoisotopic (exact) mass is 316 g/mol. The fourth-order valence-electron chi connectivity index (χ4n) is 1.91. The highest BCUT2D eigenvalue weighted by Crippen LogP contribution is 2.19. The molecule has 2 N–H and O–H groups in total. The Labute approximate surface area is 133 Å². The van der Waals surface area contributed by atoms with E-state index in [9.17, 15) is 9.59 Å². The number of ether oxygens (including phenoxy) is 1. The first-order valence-corrected chi connectivity index (χ1v) is 7.58. The lowest BCUT2D eigenvalue weighted by Gasteiger charge is -2.09. The molecular formula is C16H16N2O3S. The third-order valence-corrected chi connectivity index (χ3v) is 3.92. The molecule has 1 aromatic rings. The van der Waals surface area contributed by atoms with Crippen LogP contribution in [0.2, 0.25) is 0 Å². The first kappa shape index (κ1) is 16.0. The van der Waals surface area contributed by atoms with Crippen LogP contribution in [0.3, 0.4) is 0 Å². The Morgan fingerprint density at radius 3 is 2.91 bits per heavy atom. The number of hydrogen-bond donors (Lipinski definition) is 2. The smallest absolute Gasteiger partial charge is 0.309 e. The number of carbonyl (C=O) groups excluding carboxylic acids is 2. The number of rotatable bonds is 5. The maximum Gasteiger partial charge on any atom is 0.309 e. The molecule has 1 atom stereocenters. The Morgan fingerprint density at radius 2 is 2.23 bits per heavy atom. The van der Waals surface area contributed by atoms with Crippen LogP contribution in [0, 0.1) is 12.3 Å². The van der Waals surface area contributed by atoms with E-state index < -0.39 is 0 Å². The summed E-state index contributed by atoms with van der Waals surface area (Å²) >= 11 is 1.39. The second-order valence-electron chi connectivity index (χ2n) is 4.61. The lowest BCUT2D eigenvalue weighted by Crippen LogP contribution is -2.32. The molecule has 0 aliphatic carbocycles. The van der Waals surface area contributed by atoms with Crippen LogP contribution in [0.25, 0.3) is 0 Å². The van der Waals surface area contributed by atoms with Gasteiger partial charge in [-0.25, -0.2) is 0 Å². The van der Waals surface area contributed by atoms with Crippen LogP contribution >= 0.6 is 11.8 Å². The molecule has 0 saturated carbocycles. The molecule has 0 spiro atoms. The summed E-state index contributed by atoms with van der Waals surface area (Å²) in [5.74, 6) is 2.03. The van der Waals surface area contributed by atoms with Crippen LogP contribution in [0.4, 0.5) is 0 Å². The minimum atomic E-state index is -0.293. The van der Waals surface area contributed by atoms with Gasteiger partial charge in [0.05, 0.1) is 13.5 Å². The van der Waals surface area contributed by atoms with Gasteiger partial charge in [-0.3, -0.25) is 9.59 Å². The normalized spacial score (nSPS) is 16.2. The molecule has 0 saturated heterocycles. The van der Waals surface area contributed by atoms with Crippen molar-refractivity contribution in [2.45, 2.75) is 18.3 Å². The minimum Gasteiger partial charge on any atom is -0.469 e. The first-order valence-electron chi connectivity index (χ1n) is 6.63. The van der Waals surface area contributed by atoms with Gasteiger partial charge in [0.2, 0.25) is 0 Å². The number of carbonyl (C=O) groups is 2. The van der Waals surface area contributed by atoms with Crippen LogP contribution in [-0.4, -0.2) is 24.4 Å². The molecule has 1 aliphatic rings. The first-order chi connectivity index (χ1) is 10.6. The maximum atomic E-state index is 12.0. The van der Waals surface area contributed by atoms with Crippen molar-refractivity contribution in [2.24, 2.45) is 0 Å². The number of methoxy groups -OCH3 is 1. The van der Waals surface area contributed by atoms with Gasteiger partial charge in [0.15, 0.2) is 0 Å². The zero-order valence-corrected chi connectivity index (χ0v) is 12.9. The SMILES string of the molecule is C#CC1NC(C(=O)NCc2cccc(CC(=O)OC)c2)=CS1. The number of esters is 1. The van der Waals surface area contributed by atoms with Crippen LogP contribution in [0.5, 0.6) is 0 Å². The fraction of sp³-hybridized carbons (Fsp3) is 0.250. The second-order valence-corrected chi connectivity index (χ2v) is 5.59. The molecule has 0 radical (unpaired) electrons. The highest BCUT2D eigenvalue weighted by atomic mass is 32.2. The van der Waals surface area contributed by atoms with E-state index in [0.29, 0.717) is 12.2 Å². The molecule has 5 nitrogen and oxygen atoms in total. The molecule has 1 aliphatic heterocycles. The van der Waals surface area contributed by atoms with Gasteiger partial charge in [-0.15, -0.1) is 6.42 Å². The molecule has 1 unspecified atom stereocenters. The Hall–Kier alpha value is -2.39. The van der Waals surface area contributed by atoms with Crippen LogP contribution in [0.15, 0.2) is 35.4 Å². The molecular weight excluding hydrogens is 300 g/mol. The summed E-state index contributed by atoms with van der Waals surface area (Å²) in [5, 5.41) is 7.27. The summed E-state index contributed by atoms with van der Waals surface area (Å²) in [6, 6.07) is 7.44. The lowest BCUT2D eigenvalue weighted by molar-refractivity contribution is -0.139. The van der Waals surface area contributed by atoms with Crippen molar-refractivity contribution >= 4 is 23.6 Å². The van der Waals surface area contributed by atoms with Crippen LogP contribution < -0.4 is 10.6 Å². The second kappa shape index (κ2) is 7.57. The Morgan fingerprint density at radius 1 is 1.45 bits per heavy atom. The summed E-state index contributed by atoms with van der Waals surface area (Å²) < 4.78 is 4.64. The Bertz CT molecular complexity index is 649. The molecule has 1 aromatic carbocycles. The molecule has 0 bridgehead atoms. The number of nitrogens with one attached hydrogen (secondary N) is 2. The van der Waals surface area contributed by atoms with Gasteiger partial charge in [-0.2, -0.15) is 0 Å². The van der Waals surface area contributed by atoms with Gasteiger partial charge in [0.25, 0.3) is 5.91 Å². The van der Waals surface area contributed by atoms with Gasteiger partial charge in [-0.1, -0.05) is 41.9 Å². The Balaban J connectivity index is 1.89. The van der Waals surface area contributed by atoms with E-state index in [1.165, 1.54) is 18.9 Å². The number of benzene rings is 1. The van der Waals surface area contributed by atoms with E-state index in [2.05, 4.69) is 21.3 Å². The summed E-state index contributed by atoms with van der Waals surface area (Å²) in [4.78, 5) is 23.3. The van der Waals surface area contributed by atoms with Crippen molar-refractivity contribution in [3.05, 3.63) is 46.5 Å². The molecule has 114 valence electrons. The van der Waals surface area contributed by atoms with Crippen molar-refractivity contribution in [3.8, 4) is 12.3 Å². The van der Waals surface area contributed by atoms with E-state index in [1.54, 1.807) is 5.41 Å². The highest BCUT2D eigenvalue weighted by Gasteiger charge is 2.19. The van der Waals surface area contributed by atoms with E-state index in [-0.39, 0.29) is 23.7 Å². The van der Waals surface area contributed by atoms with Gasteiger partial charge in [-0.05, 0) is 11.1 Å². The average Bonchev–Trinajstić information content (AvgIpc) is 3.02. The third kappa shape index (κ3) is 4.30. The summed E-state index contributed by atoms with van der Waals surface area (Å²) in [6.07, 6.45) is 5.51. The predicted octanol–water partition coefficient (Wildman–Crippen LogP) is 1.16. The number of thioether (sulfide) groups is 1.